The highest BCUT2D eigenvalue weighted by Gasteiger charge is 2.34. The Hall–Kier alpha value is -3.07. The van der Waals surface area contributed by atoms with E-state index in [2.05, 4.69) is 10.4 Å². The van der Waals surface area contributed by atoms with Crippen LogP contribution in [0.4, 0.5) is 5.69 Å². The van der Waals surface area contributed by atoms with Crippen LogP contribution in [0.1, 0.15) is 11.3 Å². The minimum atomic E-state index is -0.270. The van der Waals surface area contributed by atoms with Crippen LogP contribution in [-0.2, 0) is 11.8 Å². The predicted molar refractivity (Wildman–Crippen MR) is 105 cm³/mol. The van der Waals surface area contributed by atoms with Gasteiger partial charge >= 0.3 is 0 Å². The van der Waals surface area contributed by atoms with Gasteiger partial charge in [0.2, 0.25) is 0 Å². The Kier molecular flexibility index (Phi) is 5.04. The molecule has 27 heavy (non-hydrogen) atoms. The van der Waals surface area contributed by atoms with Crippen molar-refractivity contribution in [3.05, 3.63) is 35.3 Å². The summed E-state index contributed by atoms with van der Waals surface area (Å²) in [6, 6.07) is 3.44. The molecule has 0 radical (unpaired) electrons. The molecule has 9 heteroatoms. The maximum atomic E-state index is 12.9. The number of methoxy groups -OCH3 is 3. The molecule has 0 spiro atoms. The number of aromatic nitrogens is 2. The van der Waals surface area contributed by atoms with E-state index in [4.69, 9.17) is 26.4 Å². The lowest BCUT2D eigenvalue weighted by Gasteiger charge is -2.13. The smallest absolute Gasteiger partial charge is 0.281 e. The topological polar surface area (TPSA) is 77.8 Å². The summed E-state index contributed by atoms with van der Waals surface area (Å²) in [5.74, 6) is 1.33. The maximum Gasteiger partial charge on any atom is 0.281 e. The quantitative estimate of drug-likeness (QED) is 0.620. The van der Waals surface area contributed by atoms with E-state index < -0.39 is 0 Å². The van der Waals surface area contributed by atoms with Crippen molar-refractivity contribution < 1.29 is 19.0 Å². The summed E-state index contributed by atoms with van der Waals surface area (Å²) in [6.07, 6.45) is 3.42. The number of nitrogens with one attached hydrogen (secondary N) is 1. The fourth-order valence-electron chi connectivity index (χ4n) is 2.88. The van der Waals surface area contributed by atoms with Crippen molar-refractivity contribution in [2.24, 2.45) is 7.05 Å². The van der Waals surface area contributed by atoms with Crippen molar-refractivity contribution in [1.82, 2.24) is 15.1 Å². The predicted octanol–water partition coefficient (Wildman–Crippen LogP) is 2.02. The van der Waals surface area contributed by atoms with Gasteiger partial charge in [0.05, 0.1) is 32.7 Å². The van der Waals surface area contributed by atoms with E-state index >= 15 is 0 Å². The van der Waals surface area contributed by atoms with Crippen LogP contribution in [0.15, 0.2) is 24.0 Å². The van der Waals surface area contributed by atoms with Crippen molar-refractivity contribution >= 4 is 35.0 Å². The van der Waals surface area contributed by atoms with E-state index in [0.717, 1.165) is 0 Å². The van der Waals surface area contributed by atoms with Crippen molar-refractivity contribution in [2.75, 3.05) is 26.2 Å². The lowest BCUT2D eigenvalue weighted by atomic mass is 10.1. The molecule has 0 unspecified atom stereocenters. The fraction of sp³-hybridized carbons (Fsp3) is 0.278. The average molecular weight is 388 g/mol. The number of rotatable bonds is 5. The van der Waals surface area contributed by atoms with Crippen LogP contribution in [0.25, 0.3) is 6.08 Å². The van der Waals surface area contributed by atoms with Crippen LogP contribution >= 0.6 is 12.2 Å². The molecular weight excluding hydrogens is 368 g/mol. The minimum absolute atomic E-state index is 0.270. The van der Waals surface area contributed by atoms with E-state index in [0.29, 0.717) is 45.0 Å². The van der Waals surface area contributed by atoms with Gasteiger partial charge in [-0.2, -0.15) is 5.10 Å². The summed E-state index contributed by atoms with van der Waals surface area (Å²) in [4.78, 5) is 14.4. The minimum Gasteiger partial charge on any atom is -0.496 e. The van der Waals surface area contributed by atoms with Gasteiger partial charge in [-0.1, -0.05) is 0 Å². The maximum absolute atomic E-state index is 12.9. The molecule has 1 amide bonds. The van der Waals surface area contributed by atoms with E-state index in [-0.39, 0.29) is 5.91 Å². The molecule has 1 aromatic heterocycles. The van der Waals surface area contributed by atoms with Crippen LogP contribution in [0, 0.1) is 6.92 Å². The first kappa shape index (κ1) is 18.7. The van der Waals surface area contributed by atoms with Gasteiger partial charge in [-0.05, 0) is 31.3 Å². The number of hydrogen-bond donors (Lipinski definition) is 1. The van der Waals surface area contributed by atoms with Crippen LogP contribution < -0.4 is 24.4 Å². The second-order valence-corrected chi connectivity index (χ2v) is 6.24. The van der Waals surface area contributed by atoms with Gasteiger partial charge in [0.25, 0.3) is 5.91 Å². The van der Waals surface area contributed by atoms with Crippen LogP contribution in [0.5, 0.6) is 17.2 Å². The monoisotopic (exact) mass is 388 g/mol. The number of aryl methyl sites for hydroxylation is 2. The number of hydrogen-bond acceptors (Lipinski definition) is 6. The average Bonchev–Trinajstić information content (AvgIpc) is 3.11. The first-order valence-corrected chi connectivity index (χ1v) is 8.47. The molecule has 0 aliphatic carbocycles. The Morgan fingerprint density at radius 3 is 2.30 bits per heavy atom. The van der Waals surface area contributed by atoms with Gasteiger partial charge in [-0.15, -0.1) is 0 Å². The van der Waals surface area contributed by atoms with Gasteiger partial charge < -0.3 is 19.5 Å². The number of nitrogens with zero attached hydrogens (tertiary/aromatic N) is 3. The van der Waals surface area contributed by atoms with Crippen molar-refractivity contribution in [2.45, 2.75) is 6.92 Å². The Morgan fingerprint density at radius 2 is 1.74 bits per heavy atom. The summed E-state index contributed by atoms with van der Waals surface area (Å²) < 4.78 is 17.7. The second kappa shape index (κ2) is 7.28. The number of benzene rings is 1. The largest absolute Gasteiger partial charge is 0.496 e. The number of thiocarbonyl (C=S) groups is 1. The van der Waals surface area contributed by atoms with Crippen LogP contribution in [0.2, 0.25) is 0 Å². The van der Waals surface area contributed by atoms with E-state index in [1.807, 2.05) is 6.92 Å². The van der Waals surface area contributed by atoms with E-state index in [1.54, 1.807) is 57.5 Å². The first-order chi connectivity index (χ1) is 12.9. The molecule has 1 N–H and O–H groups in total. The molecule has 142 valence electrons. The highest BCUT2D eigenvalue weighted by molar-refractivity contribution is 7.80. The summed E-state index contributed by atoms with van der Waals surface area (Å²) in [5.41, 5.74) is 2.33. The molecule has 0 saturated carbocycles. The molecule has 1 saturated heterocycles. The van der Waals surface area contributed by atoms with Gasteiger partial charge in [-0.25, -0.2) is 4.90 Å². The molecule has 1 aliphatic heterocycles. The summed E-state index contributed by atoms with van der Waals surface area (Å²) >= 11 is 5.35. The Labute approximate surface area is 162 Å². The molecule has 1 aliphatic rings. The normalized spacial score (nSPS) is 15.3. The second-order valence-electron chi connectivity index (χ2n) is 5.85. The summed E-state index contributed by atoms with van der Waals surface area (Å²) in [6.45, 7) is 1.82. The first-order valence-electron chi connectivity index (χ1n) is 8.07. The van der Waals surface area contributed by atoms with Gasteiger partial charge in [-0.3, -0.25) is 9.48 Å². The number of carbonyl (C=O) groups excluding carboxylic acids is 1. The van der Waals surface area contributed by atoms with E-state index in [9.17, 15) is 4.79 Å². The van der Waals surface area contributed by atoms with Gasteiger partial charge in [0.1, 0.15) is 11.4 Å². The molecule has 2 aromatic rings. The molecule has 8 nitrogen and oxygen atoms in total. The third-order valence-corrected chi connectivity index (χ3v) is 4.43. The fourth-order valence-corrected chi connectivity index (χ4v) is 3.17. The third-order valence-electron chi connectivity index (χ3n) is 4.14. The molecule has 1 aromatic carbocycles. The highest BCUT2D eigenvalue weighted by Crippen LogP contribution is 2.36. The molecule has 0 atom stereocenters. The molecule has 1 fully saturated rings. The van der Waals surface area contributed by atoms with Gasteiger partial charge in [0, 0.05) is 24.9 Å². The molecule has 3 rings (SSSR count). The number of anilines is 1. The van der Waals surface area contributed by atoms with Crippen LogP contribution in [-0.4, -0.2) is 42.1 Å². The lowest BCUT2D eigenvalue weighted by molar-refractivity contribution is -0.113. The molecular formula is C18H20N4O4S. The Morgan fingerprint density at radius 1 is 1.11 bits per heavy atom. The zero-order chi connectivity index (χ0) is 19.7. The van der Waals surface area contributed by atoms with Crippen molar-refractivity contribution in [1.29, 1.82) is 0 Å². The molecule has 2 heterocycles. The standard InChI is InChI=1S/C18H20N4O4S/c1-10-13(9-21(2)20-10)22-17(23)12(19-18(22)27)6-11-7-15(25-4)16(26-5)8-14(11)24-3/h6-9H,1-5H3,(H,19,27)/b12-6+. The third kappa shape index (κ3) is 3.33. The number of carbonyl (C=O) groups is 1. The SMILES string of the molecule is COc1cc(OC)c(OC)cc1/C=C1/NC(=S)N(c2cn(C)nc2C)C1=O. The Balaban J connectivity index is 2.02. The Bertz CT molecular complexity index is 951. The highest BCUT2D eigenvalue weighted by atomic mass is 32.1. The number of amides is 1. The summed E-state index contributed by atoms with van der Waals surface area (Å²) in [5, 5.41) is 7.52. The number of ether oxygens (including phenoxy) is 3. The molecule has 0 bridgehead atoms. The zero-order valence-electron chi connectivity index (χ0n) is 15.7. The van der Waals surface area contributed by atoms with Crippen molar-refractivity contribution in [3.8, 4) is 17.2 Å². The lowest BCUT2D eigenvalue weighted by Crippen LogP contribution is -2.30. The summed E-state index contributed by atoms with van der Waals surface area (Å²) in [7, 11) is 6.42. The van der Waals surface area contributed by atoms with E-state index in [1.165, 1.54) is 4.90 Å². The van der Waals surface area contributed by atoms with Gasteiger partial charge in [0.15, 0.2) is 16.6 Å². The van der Waals surface area contributed by atoms with Crippen molar-refractivity contribution in [3.63, 3.8) is 0 Å². The van der Waals surface area contributed by atoms with Crippen LogP contribution in [0.3, 0.4) is 0 Å². The zero-order valence-corrected chi connectivity index (χ0v) is 16.5.